The normalized spacial score (nSPS) is 16.0. The van der Waals surface area contributed by atoms with E-state index >= 15 is 0 Å². The molecule has 2 aromatic carbocycles. The van der Waals surface area contributed by atoms with Crippen LogP contribution in [0.15, 0.2) is 54.6 Å². The van der Waals surface area contributed by atoms with Gasteiger partial charge in [-0.2, -0.15) is 0 Å². The van der Waals surface area contributed by atoms with Crippen LogP contribution in [0.1, 0.15) is 52.7 Å². The van der Waals surface area contributed by atoms with E-state index in [9.17, 15) is 24.6 Å². The van der Waals surface area contributed by atoms with Gasteiger partial charge in [0.05, 0.1) is 30.8 Å². The monoisotopic (exact) mass is 658 g/mol. The maximum absolute atomic E-state index is 12.7. The van der Waals surface area contributed by atoms with Gasteiger partial charge in [0, 0.05) is 13.1 Å². The Balaban J connectivity index is 1.62. The maximum atomic E-state index is 12.7. The van der Waals surface area contributed by atoms with Crippen LogP contribution >= 0.6 is 0 Å². The van der Waals surface area contributed by atoms with Crippen molar-refractivity contribution in [1.29, 1.82) is 0 Å². The molecule has 13 heteroatoms. The van der Waals surface area contributed by atoms with E-state index in [1.54, 1.807) is 53.7 Å². The number of carbonyl (C=O) groups excluding carboxylic acids is 3. The van der Waals surface area contributed by atoms with Crippen LogP contribution in [0.5, 0.6) is 5.75 Å². The zero-order valence-corrected chi connectivity index (χ0v) is 28.2. The third-order valence-corrected chi connectivity index (χ3v) is 6.95. The van der Waals surface area contributed by atoms with E-state index in [0.29, 0.717) is 25.3 Å². The van der Waals surface area contributed by atoms with Crippen LogP contribution in [0.3, 0.4) is 0 Å². The number of cyclic esters (lactones) is 1. The summed E-state index contributed by atoms with van der Waals surface area (Å²) in [7, 11) is 0. The lowest BCUT2D eigenvalue weighted by Gasteiger charge is -2.29. The van der Waals surface area contributed by atoms with Crippen LogP contribution < -0.4 is 20.7 Å². The first-order chi connectivity index (χ1) is 22.1. The second-order valence-corrected chi connectivity index (χ2v) is 13.5. The average Bonchev–Trinajstić information content (AvgIpc) is 3.39. The lowest BCUT2D eigenvalue weighted by atomic mass is 10.00. The molecule has 260 valence electrons. The van der Waals surface area contributed by atoms with Crippen molar-refractivity contribution in [3.05, 3.63) is 65.7 Å². The van der Waals surface area contributed by atoms with Crippen LogP contribution in [0.25, 0.3) is 0 Å². The number of aliphatic hydroxyl groups is 2. The summed E-state index contributed by atoms with van der Waals surface area (Å²) >= 11 is 0. The summed E-state index contributed by atoms with van der Waals surface area (Å²) in [4.78, 5) is 38.3. The number of hydrogen-bond acceptors (Lipinski definition) is 10. The summed E-state index contributed by atoms with van der Waals surface area (Å²) in [6.45, 7) is 11.5. The van der Waals surface area contributed by atoms with Gasteiger partial charge in [-0.3, -0.25) is 4.90 Å². The SMILES string of the molecule is CC(C)(C)OC(=O)N[C@@H](Cc1ccccc1)[C@H](O)CNC[C@@H](O)[C@H](Cc1ccc(OCN2CCOC2=O)cc1)NC(=O)OC(C)(C)C. The fourth-order valence-electron chi connectivity index (χ4n) is 4.69. The highest BCUT2D eigenvalue weighted by Gasteiger charge is 2.28. The molecule has 5 N–H and O–H groups in total. The van der Waals surface area contributed by atoms with E-state index in [2.05, 4.69) is 16.0 Å². The molecule has 1 saturated heterocycles. The number of nitrogens with zero attached hydrogens (tertiary/aromatic N) is 1. The highest BCUT2D eigenvalue weighted by molar-refractivity contribution is 5.69. The largest absolute Gasteiger partial charge is 0.473 e. The number of hydrogen-bond donors (Lipinski definition) is 5. The zero-order chi connectivity index (χ0) is 34.6. The Hall–Kier alpha value is -4.07. The van der Waals surface area contributed by atoms with Crippen molar-refractivity contribution in [2.75, 3.05) is 33.0 Å². The minimum Gasteiger partial charge on any atom is -0.473 e. The maximum Gasteiger partial charge on any atom is 0.412 e. The van der Waals surface area contributed by atoms with Crippen LogP contribution in [0.4, 0.5) is 14.4 Å². The zero-order valence-electron chi connectivity index (χ0n) is 28.2. The third-order valence-electron chi connectivity index (χ3n) is 6.95. The highest BCUT2D eigenvalue weighted by atomic mass is 16.6. The predicted octanol–water partition coefficient (Wildman–Crippen LogP) is 3.36. The van der Waals surface area contributed by atoms with Gasteiger partial charge in [-0.1, -0.05) is 42.5 Å². The average molecular weight is 659 g/mol. The summed E-state index contributed by atoms with van der Waals surface area (Å²) in [5.41, 5.74) is 0.283. The molecule has 0 unspecified atom stereocenters. The molecule has 4 atom stereocenters. The Morgan fingerprint density at radius 3 is 1.74 bits per heavy atom. The molecule has 0 radical (unpaired) electrons. The lowest BCUT2D eigenvalue weighted by Crippen LogP contribution is -2.53. The fourth-order valence-corrected chi connectivity index (χ4v) is 4.69. The predicted molar refractivity (Wildman–Crippen MR) is 175 cm³/mol. The quantitative estimate of drug-likeness (QED) is 0.179. The van der Waals surface area contributed by atoms with Crippen molar-refractivity contribution in [2.45, 2.75) is 89.9 Å². The molecule has 0 bridgehead atoms. The second-order valence-electron chi connectivity index (χ2n) is 13.5. The van der Waals surface area contributed by atoms with Crippen molar-refractivity contribution in [3.63, 3.8) is 0 Å². The molecule has 0 spiro atoms. The molecular formula is C34H50N4O9. The molecule has 1 aliphatic heterocycles. The van der Waals surface area contributed by atoms with Gasteiger partial charge in [0.25, 0.3) is 0 Å². The number of carbonyl (C=O) groups is 3. The van der Waals surface area contributed by atoms with Crippen LogP contribution in [-0.4, -0.2) is 102 Å². The van der Waals surface area contributed by atoms with Crippen molar-refractivity contribution in [2.24, 2.45) is 0 Å². The molecule has 1 heterocycles. The fraction of sp³-hybridized carbons (Fsp3) is 0.559. The van der Waals surface area contributed by atoms with Crippen molar-refractivity contribution in [1.82, 2.24) is 20.9 Å². The summed E-state index contributed by atoms with van der Waals surface area (Å²) in [6.07, 6.45) is -3.21. The first-order valence-corrected chi connectivity index (χ1v) is 15.8. The molecule has 1 fully saturated rings. The Morgan fingerprint density at radius 2 is 1.30 bits per heavy atom. The molecule has 47 heavy (non-hydrogen) atoms. The number of aliphatic hydroxyl groups excluding tert-OH is 2. The highest BCUT2D eigenvalue weighted by Crippen LogP contribution is 2.17. The van der Waals surface area contributed by atoms with Gasteiger partial charge in [0.1, 0.15) is 23.6 Å². The first kappa shape index (κ1) is 37.4. The molecule has 13 nitrogen and oxygen atoms in total. The Morgan fingerprint density at radius 1 is 0.809 bits per heavy atom. The van der Waals surface area contributed by atoms with Crippen molar-refractivity contribution < 1.29 is 43.5 Å². The van der Waals surface area contributed by atoms with E-state index in [0.717, 1.165) is 11.1 Å². The van der Waals surface area contributed by atoms with Crippen LogP contribution in [0, 0.1) is 0 Å². The number of rotatable bonds is 15. The van der Waals surface area contributed by atoms with Crippen molar-refractivity contribution >= 4 is 18.3 Å². The standard InChI is InChI=1S/C34H50N4O9/c1-33(2,3)46-30(41)36-26(18-23-10-8-7-9-11-23)28(39)20-35-21-29(40)27(37-31(42)47-34(4,5)6)19-24-12-14-25(15-13-24)45-22-38-16-17-44-32(38)43/h7-15,26-29,35,39-40H,16-22H2,1-6H3,(H,36,41)(H,37,42)/t26-,27-,28+,29+/m0/s1. The summed E-state index contributed by atoms with van der Waals surface area (Å²) < 4.78 is 21.4. The number of alkyl carbamates (subject to hydrolysis) is 2. The van der Waals surface area contributed by atoms with Crippen LogP contribution in [-0.2, 0) is 27.1 Å². The topological polar surface area (TPSA) is 168 Å². The number of benzene rings is 2. The van der Waals surface area contributed by atoms with E-state index in [1.165, 1.54) is 4.90 Å². The van der Waals surface area contributed by atoms with Gasteiger partial charge in [0.2, 0.25) is 0 Å². The van der Waals surface area contributed by atoms with Gasteiger partial charge in [0.15, 0.2) is 6.73 Å². The lowest BCUT2D eigenvalue weighted by molar-refractivity contribution is 0.0399. The minimum absolute atomic E-state index is 0.0230. The molecule has 1 aliphatic rings. The van der Waals surface area contributed by atoms with Crippen LogP contribution in [0.2, 0.25) is 0 Å². The van der Waals surface area contributed by atoms with E-state index in [1.807, 2.05) is 42.5 Å². The second kappa shape index (κ2) is 17.2. The molecule has 3 amide bonds. The summed E-state index contributed by atoms with van der Waals surface area (Å²) in [5, 5.41) is 30.9. The summed E-state index contributed by atoms with van der Waals surface area (Å²) in [5.74, 6) is 0.548. The van der Waals surface area contributed by atoms with E-state index in [-0.39, 0.29) is 26.2 Å². The van der Waals surface area contributed by atoms with Crippen molar-refractivity contribution in [3.8, 4) is 5.75 Å². The number of nitrogens with one attached hydrogen (secondary N) is 3. The molecule has 0 saturated carbocycles. The molecule has 2 aromatic rings. The smallest absolute Gasteiger partial charge is 0.412 e. The molecular weight excluding hydrogens is 608 g/mol. The Labute approximate surface area is 276 Å². The van der Waals surface area contributed by atoms with Gasteiger partial charge >= 0.3 is 18.3 Å². The van der Waals surface area contributed by atoms with E-state index in [4.69, 9.17) is 18.9 Å². The summed E-state index contributed by atoms with van der Waals surface area (Å²) in [6, 6.07) is 15.1. The number of ether oxygens (including phenoxy) is 4. The third kappa shape index (κ3) is 14.1. The van der Waals surface area contributed by atoms with Gasteiger partial charge < -0.3 is 45.1 Å². The molecule has 0 aliphatic carbocycles. The minimum atomic E-state index is -1.07. The Bertz CT molecular complexity index is 1280. The van der Waals surface area contributed by atoms with Gasteiger partial charge in [-0.25, -0.2) is 14.4 Å². The molecule has 3 rings (SSSR count). The Kier molecular flexibility index (Phi) is 13.7. The van der Waals surface area contributed by atoms with E-state index < -0.39 is 53.8 Å². The number of amides is 3. The van der Waals surface area contributed by atoms with Gasteiger partial charge in [-0.05, 0) is 77.6 Å². The first-order valence-electron chi connectivity index (χ1n) is 15.8. The molecule has 0 aromatic heterocycles. The van der Waals surface area contributed by atoms with Gasteiger partial charge in [-0.15, -0.1) is 0 Å².